The van der Waals surface area contributed by atoms with Crippen LogP contribution < -0.4 is 0 Å². The molecular formula is C21H36O2. The summed E-state index contributed by atoms with van der Waals surface area (Å²) in [7, 11) is 0. The van der Waals surface area contributed by atoms with Crippen molar-refractivity contribution >= 4 is 0 Å². The first-order valence-corrected chi connectivity index (χ1v) is 10.3. The first-order valence-electron chi connectivity index (χ1n) is 10.3. The minimum atomic E-state index is -0.133. The van der Waals surface area contributed by atoms with Crippen LogP contribution in [-0.2, 0) is 0 Å². The van der Waals surface area contributed by atoms with Crippen LogP contribution >= 0.6 is 0 Å². The second-order valence-corrected chi connectivity index (χ2v) is 9.98. The summed E-state index contributed by atoms with van der Waals surface area (Å²) < 4.78 is 0. The number of aliphatic hydroxyl groups excluding tert-OH is 2. The molecule has 0 aromatic carbocycles. The van der Waals surface area contributed by atoms with Gasteiger partial charge in [0.05, 0.1) is 12.2 Å². The summed E-state index contributed by atoms with van der Waals surface area (Å²) >= 11 is 0. The van der Waals surface area contributed by atoms with Crippen LogP contribution in [0.25, 0.3) is 0 Å². The molecule has 4 fully saturated rings. The Morgan fingerprint density at radius 3 is 2.43 bits per heavy atom. The van der Waals surface area contributed by atoms with E-state index >= 15 is 0 Å². The van der Waals surface area contributed by atoms with Crippen molar-refractivity contribution in [1.82, 2.24) is 0 Å². The molecule has 4 aliphatic carbocycles. The van der Waals surface area contributed by atoms with E-state index in [4.69, 9.17) is 0 Å². The van der Waals surface area contributed by atoms with Crippen molar-refractivity contribution in [3.8, 4) is 0 Å². The standard InChI is InChI=1S/C21H36O2/c1-4-14-17-12-13(22)7-11-21(17,3)16-8-10-20(2)9-5-6-15(20)18(16)19(14)23/h13-19,22-23H,4-12H2,1-3H3/t13-,14-,15?,16?,17+,18?,19-,20+,21-/m1/s1. The van der Waals surface area contributed by atoms with E-state index in [1.165, 1.54) is 38.5 Å². The highest BCUT2D eigenvalue weighted by molar-refractivity contribution is 5.11. The number of aliphatic hydroxyl groups is 2. The molecular weight excluding hydrogens is 284 g/mol. The molecule has 23 heavy (non-hydrogen) atoms. The normalized spacial score (nSPS) is 59.1. The minimum Gasteiger partial charge on any atom is -0.393 e. The van der Waals surface area contributed by atoms with Gasteiger partial charge in [0.1, 0.15) is 0 Å². The monoisotopic (exact) mass is 320 g/mol. The third-order valence-corrected chi connectivity index (χ3v) is 9.17. The second-order valence-electron chi connectivity index (χ2n) is 9.98. The average Bonchev–Trinajstić information content (AvgIpc) is 2.91. The summed E-state index contributed by atoms with van der Waals surface area (Å²) in [6.07, 6.45) is 10.7. The highest BCUT2D eigenvalue weighted by Crippen LogP contribution is 2.67. The van der Waals surface area contributed by atoms with Crippen LogP contribution in [-0.4, -0.2) is 22.4 Å². The molecule has 0 aromatic heterocycles. The Hall–Kier alpha value is -0.0800. The van der Waals surface area contributed by atoms with Crippen LogP contribution in [0.5, 0.6) is 0 Å². The Morgan fingerprint density at radius 2 is 1.70 bits per heavy atom. The molecule has 0 saturated heterocycles. The molecule has 2 N–H and O–H groups in total. The summed E-state index contributed by atoms with van der Waals surface area (Å²) in [6, 6.07) is 0. The maximum absolute atomic E-state index is 11.4. The lowest BCUT2D eigenvalue weighted by Gasteiger charge is -2.64. The van der Waals surface area contributed by atoms with E-state index in [2.05, 4.69) is 20.8 Å². The van der Waals surface area contributed by atoms with Crippen molar-refractivity contribution in [1.29, 1.82) is 0 Å². The Labute approximate surface area is 142 Å². The van der Waals surface area contributed by atoms with E-state index in [1.807, 2.05) is 0 Å². The van der Waals surface area contributed by atoms with Crippen molar-refractivity contribution in [3.63, 3.8) is 0 Å². The molecule has 9 atom stereocenters. The number of fused-ring (bicyclic) bond motifs is 5. The molecule has 0 spiro atoms. The fourth-order valence-corrected chi connectivity index (χ4v) is 7.95. The highest BCUT2D eigenvalue weighted by Gasteiger charge is 2.62. The van der Waals surface area contributed by atoms with Crippen molar-refractivity contribution in [2.75, 3.05) is 0 Å². The lowest BCUT2D eigenvalue weighted by Crippen LogP contribution is -2.61. The largest absolute Gasteiger partial charge is 0.393 e. The molecule has 3 unspecified atom stereocenters. The van der Waals surface area contributed by atoms with Crippen molar-refractivity contribution in [2.24, 2.45) is 40.4 Å². The average molecular weight is 321 g/mol. The fraction of sp³-hybridized carbons (Fsp3) is 1.00. The third kappa shape index (κ3) is 2.20. The summed E-state index contributed by atoms with van der Waals surface area (Å²) in [4.78, 5) is 0. The molecule has 0 aliphatic heterocycles. The molecule has 0 bridgehead atoms. The van der Waals surface area contributed by atoms with E-state index in [0.29, 0.717) is 34.5 Å². The lowest BCUT2D eigenvalue weighted by atomic mass is 9.42. The second kappa shape index (κ2) is 5.46. The predicted octanol–water partition coefficient (Wildman–Crippen LogP) is 4.39. The van der Waals surface area contributed by atoms with Gasteiger partial charge in [-0.1, -0.05) is 33.6 Å². The summed E-state index contributed by atoms with van der Waals surface area (Å²) in [5.74, 6) is 2.89. The van der Waals surface area contributed by atoms with E-state index in [-0.39, 0.29) is 12.2 Å². The van der Waals surface area contributed by atoms with E-state index < -0.39 is 0 Å². The molecule has 0 amide bonds. The predicted molar refractivity (Wildman–Crippen MR) is 92.9 cm³/mol. The van der Waals surface area contributed by atoms with E-state index in [1.54, 1.807) is 0 Å². The molecule has 2 heteroatoms. The molecule has 4 rings (SSSR count). The fourth-order valence-electron chi connectivity index (χ4n) is 7.95. The Balaban J connectivity index is 1.73. The SMILES string of the molecule is CC[C@H]1[C@@H](O)C2C3CCC[C@@]3(C)CCC2[C@@]2(C)CC[C@@H](O)C[C@@H]12. The van der Waals surface area contributed by atoms with E-state index in [0.717, 1.165) is 25.2 Å². The first-order chi connectivity index (χ1) is 10.9. The maximum Gasteiger partial charge on any atom is 0.0605 e. The van der Waals surface area contributed by atoms with Crippen molar-refractivity contribution in [2.45, 2.75) is 90.8 Å². The van der Waals surface area contributed by atoms with Gasteiger partial charge < -0.3 is 10.2 Å². The van der Waals surface area contributed by atoms with Gasteiger partial charge in [-0.15, -0.1) is 0 Å². The minimum absolute atomic E-state index is 0.129. The quantitative estimate of drug-likeness (QED) is 0.752. The van der Waals surface area contributed by atoms with Gasteiger partial charge in [0.25, 0.3) is 0 Å². The van der Waals surface area contributed by atoms with Gasteiger partial charge in [0.2, 0.25) is 0 Å². The van der Waals surface area contributed by atoms with Gasteiger partial charge in [-0.25, -0.2) is 0 Å². The van der Waals surface area contributed by atoms with Gasteiger partial charge in [0.15, 0.2) is 0 Å². The van der Waals surface area contributed by atoms with Gasteiger partial charge in [0, 0.05) is 0 Å². The van der Waals surface area contributed by atoms with Crippen molar-refractivity contribution in [3.05, 3.63) is 0 Å². The molecule has 4 saturated carbocycles. The van der Waals surface area contributed by atoms with Gasteiger partial charge in [-0.05, 0) is 85.4 Å². The van der Waals surface area contributed by atoms with E-state index in [9.17, 15) is 10.2 Å². The van der Waals surface area contributed by atoms with Crippen molar-refractivity contribution < 1.29 is 10.2 Å². The summed E-state index contributed by atoms with van der Waals surface area (Å²) in [5, 5.41) is 21.7. The topological polar surface area (TPSA) is 40.5 Å². The van der Waals surface area contributed by atoms with Crippen LogP contribution in [0.1, 0.15) is 78.6 Å². The molecule has 0 aromatic rings. The smallest absolute Gasteiger partial charge is 0.0605 e. The van der Waals surface area contributed by atoms with Crippen LogP contribution in [0.15, 0.2) is 0 Å². The number of hydrogen-bond acceptors (Lipinski definition) is 2. The lowest BCUT2D eigenvalue weighted by molar-refractivity contribution is -0.198. The zero-order valence-corrected chi connectivity index (χ0v) is 15.3. The van der Waals surface area contributed by atoms with Gasteiger partial charge in [-0.3, -0.25) is 0 Å². The zero-order chi connectivity index (χ0) is 16.4. The van der Waals surface area contributed by atoms with Crippen LogP contribution in [0.4, 0.5) is 0 Å². The van der Waals surface area contributed by atoms with Gasteiger partial charge >= 0.3 is 0 Å². The third-order valence-electron chi connectivity index (χ3n) is 9.17. The zero-order valence-electron chi connectivity index (χ0n) is 15.3. The van der Waals surface area contributed by atoms with Crippen LogP contribution in [0, 0.1) is 40.4 Å². The number of hydrogen-bond donors (Lipinski definition) is 2. The molecule has 0 radical (unpaired) electrons. The molecule has 2 nitrogen and oxygen atoms in total. The summed E-state index contributed by atoms with van der Waals surface area (Å²) in [5.41, 5.74) is 0.853. The Kier molecular flexibility index (Phi) is 3.89. The first kappa shape index (κ1) is 16.4. The van der Waals surface area contributed by atoms with Crippen LogP contribution in [0.3, 0.4) is 0 Å². The summed E-state index contributed by atoms with van der Waals surface area (Å²) in [6.45, 7) is 7.28. The number of rotatable bonds is 1. The maximum atomic E-state index is 11.4. The highest BCUT2D eigenvalue weighted by atomic mass is 16.3. The molecule has 132 valence electrons. The van der Waals surface area contributed by atoms with Gasteiger partial charge in [-0.2, -0.15) is 0 Å². The Morgan fingerprint density at radius 1 is 0.913 bits per heavy atom. The Bertz CT molecular complexity index is 463. The van der Waals surface area contributed by atoms with Crippen LogP contribution in [0.2, 0.25) is 0 Å². The molecule has 0 heterocycles. The molecule has 4 aliphatic rings.